The molecule has 1 aliphatic rings. The molecule has 3 rings (SSSR count). The summed E-state index contributed by atoms with van der Waals surface area (Å²) < 4.78 is 12.9. The molecule has 0 fully saturated rings. The van der Waals surface area contributed by atoms with E-state index < -0.39 is 8.32 Å². The van der Waals surface area contributed by atoms with Crippen LogP contribution >= 0.6 is 11.8 Å². The Morgan fingerprint density at radius 1 is 1.06 bits per heavy atom. The van der Waals surface area contributed by atoms with Crippen LogP contribution in [-0.4, -0.2) is 44.6 Å². The van der Waals surface area contributed by atoms with Crippen molar-refractivity contribution in [3.63, 3.8) is 0 Å². The molecule has 1 heterocycles. The first kappa shape index (κ1) is 26.5. The van der Waals surface area contributed by atoms with Crippen molar-refractivity contribution in [3.05, 3.63) is 71.8 Å². The van der Waals surface area contributed by atoms with E-state index in [0.29, 0.717) is 12.3 Å². The van der Waals surface area contributed by atoms with Gasteiger partial charge in [-0.25, -0.2) is 4.79 Å². The predicted octanol–water partition coefficient (Wildman–Crippen LogP) is 4.50. The van der Waals surface area contributed by atoms with Gasteiger partial charge in [0.25, 0.3) is 8.32 Å². The lowest BCUT2D eigenvalue weighted by atomic mass is 10.1. The van der Waals surface area contributed by atoms with Crippen molar-refractivity contribution in [2.45, 2.75) is 58.3 Å². The molecular weight excluding hydrogens is 460 g/mol. The third kappa shape index (κ3) is 5.13. The monoisotopic (exact) mass is 498 g/mol. The maximum atomic E-state index is 12.9. The molecule has 184 valence electrons. The van der Waals surface area contributed by atoms with Crippen LogP contribution in [0.3, 0.4) is 0 Å². The van der Waals surface area contributed by atoms with Gasteiger partial charge >= 0.3 is 5.97 Å². The summed E-state index contributed by atoms with van der Waals surface area (Å²) >= 11 is 1.57. The number of nitrogens with zero attached hydrogens (tertiary/aromatic N) is 1. The molecular formula is C27H38N2O3SSi. The first-order valence-electron chi connectivity index (χ1n) is 11.9. The largest absolute Gasteiger partial charge is 0.461 e. The summed E-state index contributed by atoms with van der Waals surface area (Å²) in [6, 6.07) is 21.2. The Bertz CT molecular complexity index is 937. The zero-order valence-corrected chi connectivity index (χ0v) is 23.2. The topological polar surface area (TPSA) is 50.8 Å². The van der Waals surface area contributed by atoms with Gasteiger partial charge in [-0.3, -0.25) is 5.32 Å². The third-order valence-electron chi connectivity index (χ3n) is 6.13. The van der Waals surface area contributed by atoms with Gasteiger partial charge in [0.15, 0.2) is 0 Å². The molecule has 2 atom stereocenters. The van der Waals surface area contributed by atoms with Gasteiger partial charge in [0.1, 0.15) is 17.4 Å². The van der Waals surface area contributed by atoms with E-state index in [9.17, 15) is 4.79 Å². The molecule has 34 heavy (non-hydrogen) atoms. The second-order valence-electron chi connectivity index (χ2n) is 9.82. The fourth-order valence-electron chi connectivity index (χ4n) is 4.60. The van der Waals surface area contributed by atoms with Crippen molar-refractivity contribution in [3.8, 4) is 0 Å². The van der Waals surface area contributed by atoms with Gasteiger partial charge in [-0.2, -0.15) is 0 Å². The molecule has 7 heteroatoms. The van der Waals surface area contributed by atoms with E-state index in [1.165, 1.54) is 10.4 Å². The van der Waals surface area contributed by atoms with Crippen LogP contribution < -0.4 is 15.7 Å². The number of hydrogen-bond acceptors (Lipinski definition) is 6. The van der Waals surface area contributed by atoms with E-state index in [1.807, 2.05) is 31.5 Å². The molecule has 0 radical (unpaired) electrons. The zero-order chi connectivity index (χ0) is 24.9. The maximum Gasteiger partial charge on any atom is 0.355 e. The van der Waals surface area contributed by atoms with Crippen molar-refractivity contribution >= 4 is 36.4 Å². The first-order valence-corrected chi connectivity index (χ1v) is 14.8. The van der Waals surface area contributed by atoms with Crippen LogP contribution in [0.2, 0.25) is 5.04 Å². The molecule has 0 bridgehead atoms. The molecule has 1 aliphatic heterocycles. The fraction of sp³-hybridized carbons (Fsp3) is 0.444. The number of benzene rings is 2. The van der Waals surface area contributed by atoms with Crippen molar-refractivity contribution in [2.75, 3.05) is 13.7 Å². The molecule has 0 aromatic heterocycles. The lowest BCUT2D eigenvalue weighted by molar-refractivity contribution is -0.142. The molecule has 2 aromatic rings. The van der Waals surface area contributed by atoms with Gasteiger partial charge in [-0.05, 0) is 35.3 Å². The van der Waals surface area contributed by atoms with Gasteiger partial charge in [-0.1, -0.05) is 107 Å². The number of thioether (sulfide) groups is 1. The highest BCUT2D eigenvalue weighted by Crippen LogP contribution is 2.41. The fourth-order valence-corrected chi connectivity index (χ4v) is 10.3. The standard InChI is InChI=1S/C27H38N2O3SSi/c1-8-31-25(30)23-19-33-26(28-7)29(23)24(20(2)3)32-34(27(4,5)6,21-15-11-9-12-16-21)22-17-13-10-14-18-22/h9-20,24,26,28H,8H2,1-7H3/t24?,26-/m0/s1. The number of nitrogens with one attached hydrogen (secondary N) is 1. The summed E-state index contributed by atoms with van der Waals surface area (Å²) in [5, 5.41) is 7.50. The molecule has 0 saturated heterocycles. The Morgan fingerprint density at radius 2 is 1.59 bits per heavy atom. The highest BCUT2D eigenvalue weighted by atomic mass is 32.2. The predicted molar refractivity (Wildman–Crippen MR) is 144 cm³/mol. The molecule has 0 saturated carbocycles. The van der Waals surface area contributed by atoms with E-state index in [0.717, 1.165) is 0 Å². The van der Waals surface area contributed by atoms with Gasteiger partial charge in [0.05, 0.1) is 6.61 Å². The van der Waals surface area contributed by atoms with Crippen molar-refractivity contribution in [1.82, 2.24) is 10.2 Å². The summed E-state index contributed by atoms with van der Waals surface area (Å²) in [6.45, 7) is 13.3. The number of carbonyl (C=O) groups is 1. The first-order chi connectivity index (χ1) is 16.2. The van der Waals surface area contributed by atoms with Crippen molar-refractivity contribution in [1.29, 1.82) is 0 Å². The van der Waals surface area contributed by atoms with Crippen LogP contribution in [0.4, 0.5) is 0 Å². The Balaban J connectivity index is 2.20. The SMILES string of the molecule is CCOC(=O)C1=CS[C@@H](NC)N1C(O[Si](c1ccccc1)(c1ccccc1)C(C)(C)C)C(C)C. The lowest BCUT2D eigenvalue weighted by Crippen LogP contribution is -2.70. The summed E-state index contributed by atoms with van der Waals surface area (Å²) in [5.74, 6) is -0.196. The van der Waals surface area contributed by atoms with E-state index in [1.54, 1.807) is 11.8 Å². The van der Waals surface area contributed by atoms with Gasteiger partial charge in [-0.15, -0.1) is 0 Å². The highest BCUT2D eigenvalue weighted by Gasteiger charge is 2.53. The van der Waals surface area contributed by atoms with Crippen molar-refractivity contribution in [2.24, 2.45) is 5.92 Å². The molecule has 0 amide bonds. The van der Waals surface area contributed by atoms with E-state index in [4.69, 9.17) is 9.16 Å². The molecule has 1 unspecified atom stereocenters. The molecule has 0 spiro atoms. The van der Waals surface area contributed by atoms with E-state index >= 15 is 0 Å². The van der Waals surface area contributed by atoms with Crippen LogP contribution in [-0.2, 0) is 14.0 Å². The minimum absolute atomic E-state index is 0.119. The van der Waals surface area contributed by atoms with Crippen LogP contribution in [0, 0.1) is 5.92 Å². The minimum atomic E-state index is -2.83. The number of carbonyl (C=O) groups excluding carboxylic acids is 1. The Morgan fingerprint density at radius 3 is 2.00 bits per heavy atom. The van der Waals surface area contributed by atoms with Crippen LogP contribution in [0.1, 0.15) is 41.5 Å². The average Bonchev–Trinajstić information content (AvgIpc) is 3.24. The van der Waals surface area contributed by atoms with Crippen LogP contribution in [0.5, 0.6) is 0 Å². The molecule has 2 aromatic carbocycles. The summed E-state index contributed by atoms with van der Waals surface area (Å²) in [6.07, 6.45) is -0.339. The Hall–Kier alpha value is -2.06. The zero-order valence-electron chi connectivity index (χ0n) is 21.4. The lowest BCUT2D eigenvalue weighted by Gasteiger charge is -2.49. The summed E-state index contributed by atoms with van der Waals surface area (Å²) in [5.41, 5.74) is 0.424. The van der Waals surface area contributed by atoms with Gasteiger partial charge in [0, 0.05) is 5.41 Å². The minimum Gasteiger partial charge on any atom is -0.461 e. The van der Waals surface area contributed by atoms with E-state index in [2.05, 4.69) is 93.4 Å². The Labute approximate surface area is 210 Å². The van der Waals surface area contributed by atoms with Gasteiger partial charge < -0.3 is 14.1 Å². The van der Waals surface area contributed by atoms with Gasteiger partial charge in [0.2, 0.25) is 0 Å². The number of rotatable bonds is 9. The smallest absolute Gasteiger partial charge is 0.355 e. The molecule has 1 N–H and O–H groups in total. The normalized spacial score (nSPS) is 17.6. The number of ether oxygens (including phenoxy) is 1. The van der Waals surface area contributed by atoms with Crippen LogP contribution in [0.25, 0.3) is 0 Å². The highest BCUT2D eigenvalue weighted by molar-refractivity contribution is 8.02. The molecule has 0 aliphatic carbocycles. The second kappa shape index (κ2) is 11.1. The third-order valence-corrected chi connectivity index (χ3v) is 12.2. The Kier molecular flexibility index (Phi) is 8.68. The summed E-state index contributed by atoms with van der Waals surface area (Å²) in [4.78, 5) is 15.0. The van der Waals surface area contributed by atoms with Crippen molar-refractivity contribution < 1.29 is 14.0 Å². The average molecular weight is 499 g/mol. The molecule has 5 nitrogen and oxygen atoms in total. The van der Waals surface area contributed by atoms with E-state index in [-0.39, 0.29) is 28.7 Å². The van der Waals surface area contributed by atoms with Crippen LogP contribution in [0.15, 0.2) is 71.8 Å². The summed E-state index contributed by atoms with van der Waals surface area (Å²) in [7, 11) is -0.916. The number of hydrogen-bond donors (Lipinski definition) is 1. The number of esters is 1. The second-order valence-corrected chi connectivity index (χ2v) is 15.0. The quantitative estimate of drug-likeness (QED) is 0.406. The maximum absolute atomic E-state index is 12.9.